The van der Waals surface area contributed by atoms with Crippen molar-refractivity contribution in [1.82, 2.24) is 0 Å². The van der Waals surface area contributed by atoms with E-state index in [4.69, 9.17) is 19.7 Å². The first-order chi connectivity index (χ1) is 6.16. The summed E-state index contributed by atoms with van der Waals surface area (Å²) in [6.07, 6.45) is 0.0193. The van der Waals surface area contributed by atoms with Gasteiger partial charge in [0.15, 0.2) is 0 Å². The largest absolute Gasteiger partial charge is 0.496 e. The van der Waals surface area contributed by atoms with Gasteiger partial charge in [0.2, 0.25) is 0 Å². The summed E-state index contributed by atoms with van der Waals surface area (Å²) < 4.78 is 10.1. The summed E-state index contributed by atoms with van der Waals surface area (Å²) in [7, 11) is 0. The second-order valence-electron chi connectivity index (χ2n) is 2.78. The number of aliphatic hydroxyl groups excluding tert-OH is 2. The van der Waals surface area contributed by atoms with E-state index in [0.29, 0.717) is 32.0 Å². The zero-order chi connectivity index (χ0) is 10.1. The van der Waals surface area contributed by atoms with Crippen molar-refractivity contribution in [3.63, 3.8) is 0 Å². The van der Waals surface area contributed by atoms with Crippen LogP contribution in [-0.2, 0) is 9.47 Å². The van der Waals surface area contributed by atoms with Gasteiger partial charge in [-0.2, -0.15) is 0 Å². The first-order valence-corrected chi connectivity index (χ1v) is 4.34. The number of rotatable bonds is 8. The summed E-state index contributed by atoms with van der Waals surface area (Å²) in [5.41, 5.74) is 0. The second kappa shape index (κ2) is 8.04. The Kier molecular flexibility index (Phi) is 7.68. The summed E-state index contributed by atoms with van der Waals surface area (Å²) in [4.78, 5) is 0. The molecule has 0 radical (unpaired) electrons. The van der Waals surface area contributed by atoms with E-state index >= 15 is 0 Å². The van der Waals surface area contributed by atoms with Crippen LogP contribution in [0.4, 0.5) is 0 Å². The molecule has 0 rings (SSSR count). The average Bonchev–Trinajstić information content (AvgIpc) is 2.02. The van der Waals surface area contributed by atoms with Gasteiger partial charge in [-0.15, -0.1) is 0 Å². The minimum Gasteiger partial charge on any atom is -0.496 e. The fraction of sp³-hybridized carbons (Fsp3) is 0.778. The summed E-state index contributed by atoms with van der Waals surface area (Å²) >= 11 is 0. The fourth-order valence-corrected chi connectivity index (χ4v) is 0.800. The first-order valence-electron chi connectivity index (χ1n) is 4.34. The van der Waals surface area contributed by atoms with Gasteiger partial charge >= 0.3 is 0 Å². The molecule has 4 nitrogen and oxygen atoms in total. The van der Waals surface area contributed by atoms with Crippen LogP contribution in [0.5, 0.6) is 0 Å². The highest BCUT2D eigenvalue weighted by atomic mass is 16.5. The summed E-state index contributed by atoms with van der Waals surface area (Å²) in [6.45, 7) is 6.49. The molecular weight excluding hydrogens is 172 g/mol. The highest BCUT2D eigenvalue weighted by Gasteiger charge is 2.00. The van der Waals surface area contributed by atoms with Crippen molar-refractivity contribution in [2.45, 2.75) is 19.4 Å². The molecule has 1 atom stereocenters. The van der Waals surface area contributed by atoms with Crippen LogP contribution in [0.1, 0.15) is 13.3 Å². The summed E-state index contributed by atoms with van der Waals surface area (Å²) in [5.74, 6) is 0.558. The second-order valence-corrected chi connectivity index (χ2v) is 2.78. The maximum absolute atomic E-state index is 8.96. The number of aliphatic hydroxyl groups is 2. The number of hydrogen-bond donors (Lipinski definition) is 2. The molecule has 0 spiro atoms. The molecule has 0 aromatic heterocycles. The van der Waals surface area contributed by atoms with E-state index in [1.807, 2.05) is 0 Å². The average molecular weight is 190 g/mol. The maximum Gasteiger partial charge on any atom is 0.111 e. The van der Waals surface area contributed by atoms with E-state index in [9.17, 15) is 0 Å². The SMILES string of the molecule is C=C(CC(C)O)OCCOCCO. The van der Waals surface area contributed by atoms with Crippen molar-refractivity contribution >= 4 is 0 Å². The van der Waals surface area contributed by atoms with Crippen LogP contribution >= 0.6 is 0 Å². The Bertz CT molecular complexity index is 134. The van der Waals surface area contributed by atoms with Crippen molar-refractivity contribution in [1.29, 1.82) is 0 Å². The van der Waals surface area contributed by atoms with Crippen LogP contribution in [0.2, 0.25) is 0 Å². The molecule has 0 aromatic rings. The highest BCUT2D eigenvalue weighted by Crippen LogP contribution is 2.03. The monoisotopic (exact) mass is 190 g/mol. The molecule has 0 heterocycles. The minimum atomic E-state index is -0.425. The lowest BCUT2D eigenvalue weighted by Gasteiger charge is -2.10. The van der Waals surface area contributed by atoms with Crippen LogP contribution in [0.25, 0.3) is 0 Å². The maximum atomic E-state index is 8.96. The Labute approximate surface area is 78.8 Å². The molecule has 0 amide bonds. The molecule has 2 N–H and O–H groups in total. The molecule has 0 saturated carbocycles. The van der Waals surface area contributed by atoms with E-state index in [0.717, 1.165) is 0 Å². The zero-order valence-electron chi connectivity index (χ0n) is 8.03. The Morgan fingerprint density at radius 2 is 2.08 bits per heavy atom. The zero-order valence-corrected chi connectivity index (χ0v) is 8.03. The third-order valence-corrected chi connectivity index (χ3v) is 1.29. The molecule has 0 bridgehead atoms. The molecule has 0 saturated heterocycles. The molecular formula is C9H18O4. The molecule has 0 aliphatic carbocycles. The van der Waals surface area contributed by atoms with E-state index in [1.54, 1.807) is 6.92 Å². The quantitative estimate of drug-likeness (QED) is 0.427. The van der Waals surface area contributed by atoms with Gasteiger partial charge in [0.1, 0.15) is 6.61 Å². The van der Waals surface area contributed by atoms with Gasteiger partial charge < -0.3 is 19.7 Å². The Morgan fingerprint density at radius 1 is 1.38 bits per heavy atom. The van der Waals surface area contributed by atoms with Crippen LogP contribution in [-0.4, -0.2) is 42.7 Å². The van der Waals surface area contributed by atoms with Gasteiger partial charge in [-0.1, -0.05) is 6.58 Å². The molecule has 0 fully saturated rings. The Balaban J connectivity index is 3.17. The van der Waals surface area contributed by atoms with Gasteiger partial charge in [0, 0.05) is 6.42 Å². The van der Waals surface area contributed by atoms with E-state index in [1.165, 1.54) is 0 Å². The lowest BCUT2D eigenvalue weighted by atomic mass is 10.2. The Morgan fingerprint density at radius 3 is 2.62 bits per heavy atom. The Hall–Kier alpha value is -0.580. The van der Waals surface area contributed by atoms with Crippen LogP contribution in [0.3, 0.4) is 0 Å². The summed E-state index contributed by atoms with van der Waals surface area (Å²) in [6, 6.07) is 0. The molecule has 78 valence electrons. The lowest BCUT2D eigenvalue weighted by Crippen LogP contribution is -2.09. The molecule has 0 aliphatic heterocycles. The molecule has 0 aliphatic rings. The van der Waals surface area contributed by atoms with Crippen molar-refractivity contribution in [2.24, 2.45) is 0 Å². The normalized spacial score (nSPS) is 12.5. The van der Waals surface area contributed by atoms with Gasteiger partial charge in [-0.25, -0.2) is 0 Å². The van der Waals surface area contributed by atoms with Crippen molar-refractivity contribution in [2.75, 3.05) is 26.4 Å². The van der Waals surface area contributed by atoms with Gasteiger partial charge in [-0.3, -0.25) is 0 Å². The van der Waals surface area contributed by atoms with E-state index < -0.39 is 6.10 Å². The van der Waals surface area contributed by atoms with Crippen LogP contribution < -0.4 is 0 Å². The van der Waals surface area contributed by atoms with Crippen LogP contribution in [0, 0.1) is 0 Å². The smallest absolute Gasteiger partial charge is 0.111 e. The molecule has 1 unspecified atom stereocenters. The van der Waals surface area contributed by atoms with Crippen LogP contribution in [0.15, 0.2) is 12.3 Å². The third-order valence-electron chi connectivity index (χ3n) is 1.29. The fourth-order valence-electron chi connectivity index (χ4n) is 0.800. The third kappa shape index (κ3) is 9.33. The number of ether oxygens (including phenoxy) is 2. The lowest BCUT2D eigenvalue weighted by molar-refractivity contribution is 0.0482. The summed E-state index contributed by atoms with van der Waals surface area (Å²) in [5, 5.41) is 17.3. The molecule has 13 heavy (non-hydrogen) atoms. The highest BCUT2D eigenvalue weighted by molar-refractivity contribution is 4.84. The standard InChI is InChI=1S/C9H18O4/c1-8(11)7-9(2)13-6-5-12-4-3-10/h8,10-11H,2-7H2,1H3. The van der Waals surface area contributed by atoms with Crippen molar-refractivity contribution < 1.29 is 19.7 Å². The number of hydrogen-bond acceptors (Lipinski definition) is 4. The van der Waals surface area contributed by atoms with E-state index in [-0.39, 0.29) is 6.61 Å². The molecule has 4 heteroatoms. The minimum absolute atomic E-state index is 0.0224. The van der Waals surface area contributed by atoms with Crippen molar-refractivity contribution in [3.05, 3.63) is 12.3 Å². The van der Waals surface area contributed by atoms with Gasteiger partial charge in [0.25, 0.3) is 0 Å². The first kappa shape index (κ1) is 12.4. The predicted molar refractivity (Wildman–Crippen MR) is 49.3 cm³/mol. The van der Waals surface area contributed by atoms with Gasteiger partial charge in [-0.05, 0) is 6.92 Å². The van der Waals surface area contributed by atoms with E-state index in [2.05, 4.69) is 6.58 Å². The topological polar surface area (TPSA) is 58.9 Å². The van der Waals surface area contributed by atoms with Crippen molar-refractivity contribution in [3.8, 4) is 0 Å². The molecule has 0 aromatic carbocycles. The predicted octanol–water partition coefficient (Wildman–Crippen LogP) is 0.297. The van der Waals surface area contributed by atoms with Gasteiger partial charge in [0.05, 0.1) is 31.7 Å².